The third kappa shape index (κ3) is 1.55. The van der Waals surface area contributed by atoms with Crippen molar-refractivity contribution in [2.45, 2.75) is 38.1 Å². The fourth-order valence-electron chi connectivity index (χ4n) is 5.43. The van der Waals surface area contributed by atoms with Crippen LogP contribution in [0, 0.1) is 23.7 Å². The van der Waals surface area contributed by atoms with Crippen molar-refractivity contribution in [3.8, 4) is 0 Å². The summed E-state index contributed by atoms with van der Waals surface area (Å²) in [5.41, 5.74) is 2.42. The van der Waals surface area contributed by atoms with Gasteiger partial charge in [-0.1, -0.05) is 12.1 Å². The number of anilines is 1. The molecule has 0 unspecified atom stereocenters. The molecule has 1 heterocycles. The molecule has 0 amide bonds. The average Bonchev–Trinajstić information content (AvgIpc) is 2.91. The van der Waals surface area contributed by atoms with Crippen molar-refractivity contribution < 1.29 is 0 Å². The first-order valence-corrected chi connectivity index (χ1v) is 8.05. The minimum Gasteiger partial charge on any atom is -0.380 e. The molecule has 1 aromatic heterocycles. The Morgan fingerprint density at radius 3 is 2.50 bits per heavy atom. The summed E-state index contributed by atoms with van der Waals surface area (Å²) in [6.07, 6.45) is 9.29. The molecule has 3 heteroatoms. The SMILES string of the molecule is c1cc(NC2C3CC4CC(C3)CC2C4)c2[nH]ncc2c1. The molecule has 4 aliphatic rings. The van der Waals surface area contributed by atoms with Crippen LogP contribution in [0.4, 0.5) is 5.69 Å². The second kappa shape index (κ2) is 4.00. The van der Waals surface area contributed by atoms with Gasteiger partial charge in [0.25, 0.3) is 0 Å². The van der Waals surface area contributed by atoms with Crippen LogP contribution >= 0.6 is 0 Å². The molecule has 4 saturated carbocycles. The highest BCUT2D eigenvalue weighted by Gasteiger charge is 2.48. The van der Waals surface area contributed by atoms with E-state index < -0.39 is 0 Å². The molecule has 2 aromatic rings. The molecule has 0 aliphatic heterocycles. The maximum absolute atomic E-state index is 4.18. The van der Waals surface area contributed by atoms with Crippen LogP contribution in [0.1, 0.15) is 32.1 Å². The molecule has 20 heavy (non-hydrogen) atoms. The van der Waals surface area contributed by atoms with Gasteiger partial charge in [-0.3, -0.25) is 5.10 Å². The second-order valence-corrected chi connectivity index (χ2v) is 7.24. The lowest BCUT2D eigenvalue weighted by molar-refractivity contribution is 0.00758. The van der Waals surface area contributed by atoms with Crippen LogP contribution in [0.3, 0.4) is 0 Å². The first-order chi connectivity index (χ1) is 9.87. The summed E-state index contributed by atoms with van der Waals surface area (Å²) < 4.78 is 0. The molecule has 0 spiro atoms. The Morgan fingerprint density at radius 1 is 1.00 bits per heavy atom. The molecule has 6 rings (SSSR count). The van der Waals surface area contributed by atoms with Gasteiger partial charge in [-0.25, -0.2) is 0 Å². The Kier molecular flexibility index (Phi) is 2.24. The standard InChI is InChI=1S/C17H21N3/c1-2-12-9-18-20-17(12)15(3-1)19-16-13-5-10-4-11(7-13)8-14(16)6-10/h1-3,9-11,13-14,16,19H,4-8H2,(H,18,20). The van der Waals surface area contributed by atoms with Crippen molar-refractivity contribution in [3.63, 3.8) is 0 Å². The van der Waals surface area contributed by atoms with Crippen LogP contribution in [0.15, 0.2) is 24.4 Å². The van der Waals surface area contributed by atoms with Gasteiger partial charge in [0.2, 0.25) is 0 Å². The number of para-hydroxylation sites is 1. The summed E-state index contributed by atoms with van der Waals surface area (Å²) in [5.74, 6) is 3.89. The topological polar surface area (TPSA) is 40.7 Å². The number of benzene rings is 1. The molecule has 4 aliphatic carbocycles. The maximum atomic E-state index is 4.18. The number of rotatable bonds is 2. The quantitative estimate of drug-likeness (QED) is 0.869. The molecule has 0 radical (unpaired) electrons. The van der Waals surface area contributed by atoms with Gasteiger partial charge in [-0.2, -0.15) is 5.10 Å². The highest BCUT2D eigenvalue weighted by atomic mass is 15.1. The maximum Gasteiger partial charge on any atom is 0.0881 e. The summed E-state index contributed by atoms with van der Waals surface area (Å²) in [4.78, 5) is 0. The lowest BCUT2D eigenvalue weighted by atomic mass is 9.54. The van der Waals surface area contributed by atoms with Gasteiger partial charge in [-0.05, 0) is 61.8 Å². The van der Waals surface area contributed by atoms with Crippen molar-refractivity contribution in [1.82, 2.24) is 10.2 Å². The van der Waals surface area contributed by atoms with E-state index in [2.05, 4.69) is 33.7 Å². The van der Waals surface area contributed by atoms with Crippen molar-refractivity contribution in [2.24, 2.45) is 23.7 Å². The number of hydrogen-bond donors (Lipinski definition) is 2. The van der Waals surface area contributed by atoms with E-state index in [0.29, 0.717) is 6.04 Å². The number of aromatic nitrogens is 2. The van der Waals surface area contributed by atoms with Gasteiger partial charge in [-0.15, -0.1) is 0 Å². The lowest BCUT2D eigenvalue weighted by Crippen LogP contribution is -2.51. The summed E-state index contributed by atoms with van der Waals surface area (Å²) >= 11 is 0. The Morgan fingerprint density at radius 2 is 1.75 bits per heavy atom. The zero-order valence-corrected chi connectivity index (χ0v) is 11.7. The van der Waals surface area contributed by atoms with Crippen LogP contribution < -0.4 is 5.32 Å². The molecule has 4 bridgehead atoms. The first kappa shape index (κ1) is 11.2. The number of aromatic amines is 1. The molecule has 0 atom stereocenters. The Balaban J connectivity index is 1.48. The van der Waals surface area contributed by atoms with Crippen molar-refractivity contribution in [1.29, 1.82) is 0 Å². The van der Waals surface area contributed by atoms with Crippen LogP contribution in [0.2, 0.25) is 0 Å². The lowest BCUT2D eigenvalue weighted by Gasteiger charge is -2.54. The number of nitrogens with zero attached hydrogens (tertiary/aromatic N) is 1. The monoisotopic (exact) mass is 267 g/mol. The molecule has 4 fully saturated rings. The van der Waals surface area contributed by atoms with Gasteiger partial charge in [0, 0.05) is 11.4 Å². The molecule has 104 valence electrons. The fourth-order valence-corrected chi connectivity index (χ4v) is 5.43. The number of fused-ring (bicyclic) bond motifs is 1. The Labute approximate surface area is 119 Å². The van der Waals surface area contributed by atoms with Crippen molar-refractivity contribution in [2.75, 3.05) is 5.32 Å². The first-order valence-electron chi connectivity index (χ1n) is 8.05. The molecule has 0 saturated heterocycles. The van der Waals surface area contributed by atoms with Crippen LogP contribution in [0.25, 0.3) is 10.9 Å². The third-order valence-electron chi connectivity index (χ3n) is 6.03. The summed E-state index contributed by atoms with van der Waals surface area (Å²) in [7, 11) is 0. The smallest absolute Gasteiger partial charge is 0.0881 e. The average molecular weight is 267 g/mol. The van der Waals surface area contributed by atoms with E-state index in [9.17, 15) is 0 Å². The van der Waals surface area contributed by atoms with Crippen LogP contribution in [0.5, 0.6) is 0 Å². The minimum absolute atomic E-state index is 0.691. The zero-order valence-electron chi connectivity index (χ0n) is 11.7. The molecular weight excluding hydrogens is 246 g/mol. The van der Waals surface area contributed by atoms with E-state index in [-0.39, 0.29) is 0 Å². The number of nitrogens with one attached hydrogen (secondary N) is 2. The van der Waals surface area contributed by atoms with Gasteiger partial charge in [0.05, 0.1) is 17.4 Å². The fraction of sp³-hybridized carbons (Fsp3) is 0.588. The van der Waals surface area contributed by atoms with E-state index >= 15 is 0 Å². The highest BCUT2D eigenvalue weighted by molar-refractivity contribution is 5.90. The second-order valence-electron chi connectivity index (χ2n) is 7.24. The zero-order chi connectivity index (χ0) is 13.1. The highest BCUT2D eigenvalue weighted by Crippen LogP contribution is 2.54. The van der Waals surface area contributed by atoms with Gasteiger partial charge in [0.15, 0.2) is 0 Å². The van der Waals surface area contributed by atoms with E-state index in [1.165, 1.54) is 48.7 Å². The summed E-state index contributed by atoms with van der Waals surface area (Å²) in [5, 5.41) is 12.4. The predicted octanol–water partition coefficient (Wildman–Crippen LogP) is 3.80. The minimum atomic E-state index is 0.691. The largest absolute Gasteiger partial charge is 0.380 e. The van der Waals surface area contributed by atoms with E-state index in [0.717, 1.165) is 23.7 Å². The molecule has 1 aromatic carbocycles. The summed E-state index contributed by atoms with van der Waals surface area (Å²) in [6, 6.07) is 7.15. The summed E-state index contributed by atoms with van der Waals surface area (Å²) in [6.45, 7) is 0. The molecule has 3 nitrogen and oxygen atoms in total. The van der Waals surface area contributed by atoms with E-state index in [1.54, 1.807) is 0 Å². The Bertz CT molecular complexity index is 616. The predicted molar refractivity (Wildman–Crippen MR) is 80.5 cm³/mol. The molecular formula is C17H21N3. The normalized spacial score (nSPS) is 38.5. The Hall–Kier alpha value is -1.51. The van der Waals surface area contributed by atoms with Gasteiger partial charge < -0.3 is 5.32 Å². The number of hydrogen-bond acceptors (Lipinski definition) is 2. The number of H-pyrrole nitrogens is 1. The van der Waals surface area contributed by atoms with E-state index in [4.69, 9.17) is 0 Å². The van der Waals surface area contributed by atoms with E-state index in [1.807, 2.05) is 6.20 Å². The molecule has 2 N–H and O–H groups in total. The van der Waals surface area contributed by atoms with Crippen molar-refractivity contribution in [3.05, 3.63) is 24.4 Å². The third-order valence-corrected chi connectivity index (χ3v) is 6.03. The van der Waals surface area contributed by atoms with Gasteiger partial charge in [0.1, 0.15) is 0 Å². The van der Waals surface area contributed by atoms with Gasteiger partial charge >= 0.3 is 0 Å². The van der Waals surface area contributed by atoms with Crippen LogP contribution in [-0.4, -0.2) is 16.2 Å². The van der Waals surface area contributed by atoms with Crippen LogP contribution in [-0.2, 0) is 0 Å². The van der Waals surface area contributed by atoms with Crippen molar-refractivity contribution >= 4 is 16.6 Å².